The molecule has 3 rings (SSSR count). The molecule has 0 saturated heterocycles. The summed E-state index contributed by atoms with van der Waals surface area (Å²) < 4.78 is 14.9. The van der Waals surface area contributed by atoms with Crippen LogP contribution >= 0.6 is 11.8 Å². The number of nitrogens with one attached hydrogen (secondary N) is 1. The molecule has 0 aliphatic rings. The Morgan fingerprint density at radius 3 is 2.52 bits per heavy atom. The SMILES string of the molecule is Cn1c(CNc2ccc(F)cc2)nnc1SCc1ccccc1. The number of anilines is 1. The van der Waals surface area contributed by atoms with E-state index < -0.39 is 0 Å². The molecular formula is C17H17FN4S. The Hall–Kier alpha value is -2.34. The lowest BCUT2D eigenvalue weighted by Gasteiger charge is -2.07. The fourth-order valence-corrected chi connectivity index (χ4v) is 2.98. The van der Waals surface area contributed by atoms with E-state index in [4.69, 9.17) is 0 Å². The monoisotopic (exact) mass is 328 g/mol. The van der Waals surface area contributed by atoms with Crippen molar-refractivity contribution < 1.29 is 4.39 Å². The third kappa shape index (κ3) is 4.10. The number of nitrogens with zero attached hydrogens (tertiary/aromatic N) is 3. The molecule has 4 nitrogen and oxygen atoms in total. The molecule has 0 atom stereocenters. The van der Waals surface area contributed by atoms with Crippen molar-refractivity contribution in [3.8, 4) is 0 Å². The highest BCUT2D eigenvalue weighted by Crippen LogP contribution is 2.21. The van der Waals surface area contributed by atoms with Gasteiger partial charge in [0.15, 0.2) is 11.0 Å². The quantitative estimate of drug-likeness (QED) is 0.698. The van der Waals surface area contributed by atoms with Crippen LogP contribution < -0.4 is 5.32 Å². The maximum Gasteiger partial charge on any atom is 0.191 e. The summed E-state index contributed by atoms with van der Waals surface area (Å²) in [5.41, 5.74) is 2.11. The zero-order chi connectivity index (χ0) is 16.1. The molecule has 1 N–H and O–H groups in total. The van der Waals surface area contributed by atoms with Gasteiger partial charge in [0.1, 0.15) is 5.82 Å². The van der Waals surface area contributed by atoms with E-state index in [0.717, 1.165) is 22.4 Å². The van der Waals surface area contributed by atoms with Gasteiger partial charge in [-0.15, -0.1) is 10.2 Å². The molecular weight excluding hydrogens is 311 g/mol. The fraction of sp³-hybridized carbons (Fsp3) is 0.176. The first kappa shape index (κ1) is 15.6. The summed E-state index contributed by atoms with van der Waals surface area (Å²) in [6.07, 6.45) is 0. The lowest BCUT2D eigenvalue weighted by molar-refractivity contribution is 0.628. The molecule has 0 amide bonds. The Balaban J connectivity index is 1.59. The van der Waals surface area contributed by atoms with E-state index in [2.05, 4.69) is 27.6 Å². The van der Waals surface area contributed by atoms with Crippen molar-refractivity contribution in [2.24, 2.45) is 7.05 Å². The molecule has 3 aromatic rings. The van der Waals surface area contributed by atoms with Crippen LogP contribution in [0.2, 0.25) is 0 Å². The van der Waals surface area contributed by atoms with Gasteiger partial charge < -0.3 is 9.88 Å². The minimum atomic E-state index is -0.242. The Morgan fingerprint density at radius 1 is 1.04 bits per heavy atom. The number of benzene rings is 2. The Kier molecular flexibility index (Phi) is 4.92. The first-order chi connectivity index (χ1) is 11.2. The molecule has 1 heterocycles. The third-order valence-corrected chi connectivity index (χ3v) is 4.52. The van der Waals surface area contributed by atoms with Crippen molar-refractivity contribution in [2.75, 3.05) is 5.32 Å². The van der Waals surface area contributed by atoms with Gasteiger partial charge in [-0.1, -0.05) is 42.1 Å². The van der Waals surface area contributed by atoms with Crippen molar-refractivity contribution in [1.82, 2.24) is 14.8 Å². The van der Waals surface area contributed by atoms with Crippen LogP contribution in [-0.4, -0.2) is 14.8 Å². The summed E-state index contributed by atoms with van der Waals surface area (Å²) in [7, 11) is 1.95. The maximum atomic E-state index is 12.9. The van der Waals surface area contributed by atoms with E-state index in [0.29, 0.717) is 6.54 Å². The molecule has 0 spiro atoms. The van der Waals surface area contributed by atoms with Gasteiger partial charge in [-0.3, -0.25) is 0 Å². The Morgan fingerprint density at radius 2 is 1.78 bits per heavy atom. The molecule has 0 bridgehead atoms. The van der Waals surface area contributed by atoms with Gasteiger partial charge in [0.25, 0.3) is 0 Å². The molecule has 2 aromatic carbocycles. The standard InChI is InChI=1S/C17H17FN4S/c1-22-16(11-19-15-9-7-14(18)8-10-15)20-21-17(22)23-12-13-5-3-2-4-6-13/h2-10,19H,11-12H2,1H3. The second kappa shape index (κ2) is 7.28. The van der Waals surface area contributed by atoms with Gasteiger partial charge >= 0.3 is 0 Å². The number of hydrogen-bond donors (Lipinski definition) is 1. The smallest absolute Gasteiger partial charge is 0.191 e. The number of thioether (sulfide) groups is 1. The number of aromatic nitrogens is 3. The molecule has 23 heavy (non-hydrogen) atoms. The van der Waals surface area contributed by atoms with Gasteiger partial charge in [0.05, 0.1) is 6.54 Å². The summed E-state index contributed by atoms with van der Waals surface area (Å²) in [4.78, 5) is 0. The number of rotatable bonds is 6. The minimum absolute atomic E-state index is 0.242. The van der Waals surface area contributed by atoms with Crippen LogP contribution in [0.25, 0.3) is 0 Å². The van der Waals surface area contributed by atoms with Gasteiger partial charge in [-0.25, -0.2) is 4.39 Å². The van der Waals surface area contributed by atoms with Crippen molar-refractivity contribution in [3.63, 3.8) is 0 Å². The number of halogens is 1. The first-order valence-electron chi connectivity index (χ1n) is 7.27. The van der Waals surface area contributed by atoms with Crippen LogP contribution in [0.15, 0.2) is 59.8 Å². The van der Waals surface area contributed by atoms with E-state index in [-0.39, 0.29) is 5.82 Å². The lowest BCUT2D eigenvalue weighted by atomic mass is 10.2. The summed E-state index contributed by atoms with van der Waals surface area (Å²) >= 11 is 1.66. The number of hydrogen-bond acceptors (Lipinski definition) is 4. The maximum absolute atomic E-state index is 12.9. The van der Waals surface area contributed by atoms with E-state index in [1.807, 2.05) is 29.8 Å². The molecule has 6 heteroatoms. The average molecular weight is 328 g/mol. The predicted octanol–water partition coefficient (Wildman–Crippen LogP) is 3.86. The average Bonchev–Trinajstić information content (AvgIpc) is 2.93. The topological polar surface area (TPSA) is 42.7 Å². The highest BCUT2D eigenvalue weighted by atomic mass is 32.2. The minimum Gasteiger partial charge on any atom is -0.378 e. The van der Waals surface area contributed by atoms with Crippen LogP contribution in [0.1, 0.15) is 11.4 Å². The Bertz CT molecular complexity index is 756. The van der Waals surface area contributed by atoms with E-state index in [9.17, 15) is 4.39 Å². The summed E-state index contributed by atoms with van der Waals surface area (Å²) in [5.74, 6) is 1.46. The van der Waals surface area contributed by atoms with E-state index in [1.54, 1.807) is 23.9 Å². The van der Waals surface area contributed by atoms with Gasteiger partial charge in [-0.2, -0.15) is 0 Å². The molecule has 0 aliphatic heterocycles. The molecule has 0 radical (unpaired) electrons. The van der Waals surface area contributed by atoms with E-state index in [1.165, 1.54) is 17.7 Å². The zero-order valence-corrected chi connectivity index (χ0v) is 13.6. The normalized spacial score (nSPS) is 10.7. The second-order valence-corrected chi connectivity index (χ2v) is 6.04. The van der Waals surface area contributed by atoms with E-state index >= 15 is 0 Å². The van der Waals surface area contributed by atoms with Gasteiger partial charge in [-0.05, 0) is 29.8 Å². The molecule has 0 aliphatic carbocycles. The molecule has 0 unspecified atom stereocenters. The largest absolute Gasteiger partial charge is 0.378 e. The lowest BCUT2D eigenvalue weighted by Crippen LogP contribution is -2.06. The Labute approximate surface area is 138 Å². The first-order valence-corrected chi connectivity index (χ1v) is 8.25. The fourth-order valence-electron chi connectivity index (χ4n) is 2.10. The summed E-state index contributed by atoms with van der Waals surface area (Å²) in [6.45, 7) is 0.543. The molecule has 1 aromatic heterocycles. The van der Waals surface area contributed by atoms with Crippen LogP contribution in [0, 0.1) is 5.82 Å². The van der Waals surface area contributed by atoms with Crippen molar-refractivity contribution in [2.45, 2.75) is 17.5 Å². The van der Waals surface area contributed by atoms with Crippen LogP contribution in [0.3, 0.4) is 0 Å². The molecule has 0 fully saturated rings. The van der Waals surface area contributed by atoms with Crippen molar-refractivity contribution >= 4 is 17.4 Å². The van der Waals surface area contributed by atoms with Gasteiger partial charge in [0, 0.05) is 18.5 Å². The van der Waals surface area contributed by atoms with Crippen molar-refractivity contribution in [1.29, 1.82) is 0 Å². The van der Waals surface area contributed by atoms with Crippen LogP contribution in [0.4, 0.5) is 10.1 Å². The summed E-state index contributed by atoms with van der Waals surface area (Å²) in [6, 6.07) is 16.5. The third-order valence-electron chi connectivity index (χ3n) is 3.43. The highest BCUT2D eigenvalue weighted by Gasteiger charge is 2.09. The van der Waals surface area contributed by atoms with Crippen LogP contribution in [-0.2, 0) is 19.3 Å². The highest BCUT2D eigenvalue weighted by molar-refractivity contribution is 7.98. The summed E-state index contributed by atoms with van der Waals surface area (Å²) in [5, 5.41) is 12.5. The zero-order valence-electron chi connectivity index (χ0n) is 12.7. The predicted molar refractivity (Wildman–Crippen MR) is 90.7 cm³/mol. The van der Waals surface area contributed by atoms with Crippen LogP contribution in [0.5, 0.6) is 0 Å². The van der Waals surface area contributed by atoms with Gasteiger partial charge in [0.2, 0.25) is 0 Å². The molecule has 0 saturated carbocycles. The molecule has 118 valence electrons. The van der Waals surface area contributed by atoms with Crippen molar-refractivity contribution in [3.05, 3.63) is 71.8 Å². The second-order valence-electron chi connectivity index (χ2n) is 5.09.